The molecule has 2 rings (SSSR count). The highest BCUT2D eigenvalue weighted by molar-refractivity contribution is 5.32. The van der Waals surface area contributed by atoms with Gasteiger partial charge in [0.1, 0.15) is 0 Å². The molecule has 3 nitrogen and oxygen atoms in total. The second-order valence-corrected chi connectivity index (χ2v) is 5.10. The van der Waals surface area contributed by atoms with Gasteiger partial charge in [0.15, 0.2) is 0 Å². The third-order valence-electron chi connectivity index (χ3n) is 2.53. The molecule has 0 aliphatic heterocycles. The van der Waals surface area contributed by atoms with Crippen LogP contribution in [-0.4, -0.2) is 15.0 Å². The van der Waals surface area contributed by atoms with E-state index in [2.05, 4.69) is 50.0 Å². The smallest absolute Gasteiger partial charge is 0.0885 e. The van der Waals surface area contributed by atoms with Crippen LogP contribution in [0.25, 0.3) is 5.69 Å². The third-order valence-corrected chi connectivity index (χ3v) is 2.53. The summed E-state index contributed by atoms with van der Waals surface area (Å²) in [4.78, 5) is 1.68. The molecular formula is C13H17N3. The summed E-state index contributed by atoms with van der Waals surface area (Å²) in [6.07, 6.45) is 1.83. The first-order valence-electron chi connectivity index (χ1n) is 5.47. The minimum absolute atomic E-state index is 0.0446. The van der Waals surface area contributed by atoms with Gasteiger partial charge in [-0.05, 0) is 19.1 Å². The lowest BCUT2D eigenvalue weighted by molar-refractivity contribution is 0.558. The summed E-state index contributed by atoms with van der Waals surface area (Å²) in [6.45, 7) is 8.48. The summed E-state index contributed by atoms with van der Waals surface area (Å²) in [5.74, 6) is 0. The molecule has 0 radical (unpaired) electrons. The first-order chi connectivity index (χ1) is 7.47. The molecular weight excluding hydrogens is 198 g/mol. The molecule has 1 aromatic heterocycles. The van der Waals surface area contributed by atoms with Crippen molar-refractivity contribution in [3.05, 3.63) is 41.7 Å². The van der Waals surface area contributed by atoms with Crippen molar-refractivity contribution in [1.82, 2.24) is 15.0 Å². The van der Waals surface area contributed by atoms with E-state index in [0.29, 0.717) is 0 Å². The maximum absolute atomic E-state index is 4.49. The number of nitrogens with zero attached hydrogens (tertiary/aromatic N) is 3. The van der Waals surface area contributed by atoms with Gasteiger partial charge in [-0.1, -0.05) is 38.5 Å². The topological polar surface area (TPSA) is 30.7 Å². The molecule has 0 saturated carbocycles. The van der Waals surface area contributed by atoms with E-state index < -0.39 is 0 Å². The van der Waals surface area contributed by atoms with Gasteiger partial charge in [-0.15, -0.1) is 0 Å². The molecule has 0 amide bonds. The first kappa shape index (κ1) is 10.9. The predicted octanol–water partition coefficient (Wildman–Crippen LogP) is 2.87. The molecule has 0 saturated heterocycles. The van der Waals surface area contributed by atoms with Gasteiger partial charge in [0.25, 0.3) is 0 Å². The molecule has 1 aromatic carbocycles. The quantitative estimate of drug-likeness (QED) is 0.732. The predicted molar refractivity (Wildman–Crippen MR) is 64.8 cm³/mol. The summed E-state index contributed by atoms with van der Waals surface area (Å²) < 4.78 is 0. The van der Waals surface area contributed by atoms with E-state index in [0.717, 1.165) is 11.4 Å². The number of benzene rings is 1. The second-order valence-electron chi connectivity index (χ2n) is 5.10. The number of hydrogen-bond donors (Lipinski definition) is 0. The molecule has 1 heterocycles. The lowest BCUT2D eigenvalue weighted by Crippen LogP contribution is -2.12. The lowest BCUT2D eigenvalue weighted by Gasteiger charge is -2.13. The molecule has 0 aliphatic carbocycles. The van der Waals surface area contributed by atoms with Crippen molar-refractivity contribution in [2.24, 2.45) is 0 Å². The molecule has 0 aliphatic rings. The van der Waals surface area contributed by atoms with Crippen LogP contribution in [0, 0.1) is 6.92 Å². The minimum atomic E-state index is 0.0446. The van der Waals surface area contributed by atoms with Crippen LogP contribution >= 0.6 is 0 Å². The Hall–Kier alpha value is -1.64. The Morgan fingerprint density at radius 1 is 1.06 bits per heavy atom. The first-order valence-corrected chi connectivity index (χ1v) is 5.47. The molecule has 2 aromatic rings. The fourth-order valence-corrected chi connectivity index (χ4v) is 1.41. The monoisotopic (exact) mass is 215 g/mol. The average Bonchev–Trinajstić information content (AvgIpc) is 2.67. The molecule has 16 heavy (non-hydrogen) atoms. The van der Waals surface area contributed by atoms with E-state index in [1.54, 1.807) is 4.80 Å². The zero-order valence-electron chi connectivity index (χ0n) is 10.2. The van der Waals surface area contributed by atoms with Crippen molar-refractivity contribution in [3.8, 4) is 5.69 Å². The summed E-state index contributed by atoms with van der Waals surface area (Å²) in [7, 11) is 0. The zero-order valence-corrected chi connectivity index (χ0v) is 10.2. The molecule has 0 atom stereocenters. The zero-order chi connectivity index (χ0) is 11.8. The molecule has 0 spiro atoms. The number of rotatable bonds is 1. The van der Waals surface area contributed by atoms with Gasteiger partial charge in [-0.3, -0.25) is 0 Å². The SMILES string of the molecule is Cc1ccc(-n2ncc(C(C)(C)C)n2)cc1. The Kier molecular flexibility index (Phi) is 2.54. The summed E-state index contributed by atoms with van der Waals surface area (Å²) in [5, 5.41) is 8.78. The highest BCUT2D eigenvalue weighted by Crippen LogP contribution is 2.19. The molecule has 0 fully saturated rings. The van der Waals surface area contributed by atoms with Gasteiger partial charge in [-0.2, -0.15) is 15.0 Å². The van der Waals surface area contributed by atoms with E-state index in [-0.39, 0.29) is 5.41 Å². The Morgan fingerprint density at radius 3 is 2.19 bits per heavy atom. The Labute approximate surface area is 96.1 Å². The standard InChI is InChI=1S/C13H17N3/c1-10-5-7-11(8-6-10)16-14-9-12(15-16)13(2,3)4/h5-9H,1-4H3. The van der Waals surface area contributed by atoms with Crippen LogP contribution in [0.2, 0.25) is 0 Å². The summed E-state index contributed by atoms with van der Waals surface area (Å²) in [6, 6.07) is 8.19. The van der Waals surface area contributed by atoms with Crippen molar-refractivity contribution in [3.63, 3.8) is 0 Å². The molecule has 0 bridgehead atoms. The molecule has 3 heteroatoms. The second kappa shape index (κ2) is 3.74. The number of aromatic nitrogens is 3. The van der Waals surface area contributed by atoms with Gasteiger partial charge < -0.3 is 0 Å². The van der Waals surface area contributed by atoms with E-state index in [1.165, 1.54) is 5.56 Å². The molecule has 0 unspecified atom stereocenters. The van der Waals surface area contributed by atoms with Crippen molar-refractivity contribution in [1.29, 1.82) is 0 Å². The highest BCUT2D eigenvalue weighted by atomic mass is 15.5. The maximum atomic E-state index is 4.49. The van der Waals surface area contributed by atoms with Crippen LogP contribution in [0.1, 0.15) is 32.0 Å². The number of aryl methyl sites for hydroxylation is 1. The van der Waals surface area contributed by atoms with Gasteiger partial charge in [0.2, 0.25) is 0 Å². The van der Waals surface area contributed by atoms with Crippen LogP contribution in [0.5, 0.6) is 0 Å². The van der Waals surface area contributed by atoms with Crippen LogP contribution in [-0.2, 0) is 5.41 Å². The van der Waals surface area contributed by atoms with E-state index >= 15 is 0 Å². The van der Waals surface area contributed by atoms with E-state index in [4.69, 9.17) is 0 Å². The summed E-state index contributed by atoms with van der Waals surface area (Å²) in [5.41, 5.74) is 3.30. The van der Waals surface area contributed by atoms with Gasteiger partial charge in [0, 0.05) is 5.41 Å². The molecule has 0 N–H and O–H groups in total. The van der Waals surface area contributed by atoms with Gasteiger partial charge in [-0.25, -0.2) is 0 Å². The Bertz CT molecular complexity index is 475. The average molecular weight is 215 g/mol. The van der Waals surface area contributed by atoms with Crippen molar-refractivity contribution < 1.29 is 0 Å². The number of hydrogen-bond acceptors (Lipinski definition) is 2. The molecule has 84 valence electrons. The minimum Gasteiger partial charge on any atom is -0.157 e. The Balaban J connectivity index is 2.35. The lowest BCUT2D eigenvalue weighted by atomic mass is 9.93. The van der Waals surface area contributed by atoms with E-state index in [1.807, 2.05) is 18.3 Å². The normalized spacial score (nSPS) is 11.8. The van der Waals surface area contributed by atoms with Gasteiger partial charge >= 0.3 is 0 Å². The fourth-order valence-electron chi connectivity index (χ4n) is 1.41. The van der Waals surface area contributed by atoms with Crippen molar-refractivity contribution in [2.75, 3.05) is 0 Å². The van der Waals surface area contributed by atoms with Crippen LogP contribution in [0.3, 0.4) is 0 Å². The van der Waals surface area contributed by atoms with Crippen molar-refractivity contribution >= 4 is 0 Å². The maximum Gasteiger partial charge on any atom is 0.0885 e. The van der Waals surface area contributed by atoms with Crippen LogP contribution < -0.4 is 0 Å². The van der Waals surface area contributed by atoms with Crippen LogP contribution in [0.4, 0.5) is 0 Å². The Morgan fingerprint density at radius 2 is 1.69 bits per heavy atom. The van der Waals surface area contributed by atoms with E-state index in [9.17, 15) is 0 Å². The fraction of sp³-hybridized carbons (Fsp3) is 0.385. The summed E-state index contributed by atoms with van der Waals surface area (Å²) >= 11 is 0. The van der Waals surface area contributed by atoms with Crippen molar-refractivity contribution in [2.45, 2.75) is 33.1 Å². The van der Waals surface area contributed by atoms with Gasteiger partial charge in [0.05, 0.1) is 17.6 Å². The highest BCUT2D eigenvalue weighted by Gasteiger charge is 2.17. The largest absolute Gasteiger partial charge is 0.157 e. The third kappa shape index (κ3) is 2.13. The van der Waals surface area contributed by atoms with Crippen LogP contribution in [0.15, 0.2) is 30.5 Å².